The average molecular weight is 611 g/mol. The maximum absolute atomic E-state index is 13.8. The van der Waals surface area contributed by atoms with Crippen LogP contribution in [-0.4, -0.2) is 51.5 Å². The predicted octanol–water partition coefficient (Wildman–Crippen LogP) is 5.91. The van der Waals surface area contributed by atoms with Crippen molar-refractivity contribution in [1.29, 1.82) is 0 Å². The molecule has 0 aromatic heterocycles. The van der Waals surface area contributed by atoms with E-state index in [9.17, 15) is 35.6 Å². The summed E-state index contributed by atoms with van der Waals surface area (Å²) in [7, 11) is -4.41. The summed E-state index contributed by atoms with van der Waals surface area (Å²) in [5.41, 5.74) is -2.97. The summed E-state index contributed by atoms with van der Waals surface area (Å²) in [6.07, 6.45) is -7.02. The van der Waals surface area contributed by atoms with Gasteiger partial charge in [0.15, 0.2) is 0 Å². The van der Waals surface area contributed by atoms with Crippen LogP contribution in [0.4, 0.5) is 33.7 Å². The molecule has 1 N–H and O–H groups in total. The number of fused-ring (bicyclic) bond motifs is 1. The fourth-order valence-electron chi connectivity index (χ4n) is 3.71. The molecule has 40 heavy (non-hydrogen) atoms. The molecule has 0 bridgehead atoms. The molecule has 0 saturated carbocycles. The maximum Gasteiger partial charge on any atom is 0.427 e. The molecule has 0 aliphatic carbocycles. The van der Waals surface area contributed by atoms with Crippen LogP contribution in [0.1, 0.15) is 34.1 Å². The number of carbonyl (C=O) groups is 2. The van der Waals surface area contributed by atoms with Crippen LogP contribution in [0.25, 0.3) is 0 Å². The molecule has 220 valence electrons. The Kier molecular flexibility index (Phi) is 9.14. The van der Waals surface area contributed by atoms with Crippen LogP contribution in [0, 0.1) is 11.7 Å². The van der Waals surface area contributed by atoms with Crippen molar-refractivity contribution in [2.24, 2.45) is 5.92 Å². The zero-order valence-corrected chi connectivity index (χ0v) is 23.4. The van der Waals surface area contributed by atoms with Crippen molar-refractivity contribution in [2.75, 3.05) is 22.8 Å². The third kappa shape index (κ3) is 6.89. The van der Waals surface area contributed by atoms with Crippen LogP contribution in [0.2, 0.25) is 5.02 Å². The number of carbonyl (C=O) groups excluding carboxylic acids is 2. The van der Waals surface area contributed by atoms with Crippen molar-refractivity contribution < 1.29 is 49.8 Å². The Morgan fingerprint density at radius 3 is 2.48 bits per heavy atom. The van der Waals surface area contributed by atoms with Gasteiger partial charge in [0.25, 0.3) is 10.0 Å². The largest absolute Gasteiger partial charge is 0.486 e. The van der Waals surface area contributed by atoms with Crippen LogP contribution >= 0.6 is 11.6 Å². The molecule has 0 radical (unpaired) electrons. The number of ether oxygens (including phenoxy) is 3. The van der Waals surface area contributed by atoms with Crippen LogP contribution in [0.3, 0.4) is 0 Å². The zero-order valence-electron chi connectivity index (χ0n) is 21.8. The Bertz CT molecular complexity index is 1390. The van der Waals surface area contributed by atoms with Gasteiger partial charge in [-0.3, -0.25) is 14.4 Å². The van der Waals surface area contributed by atoms with Gasteiger partial charge in [-0.25, -0.2) is 17.6 Å². The van der Waals surface area contributed by atoms with Crippen molar-refractivity contribution in [2.45, 2.75) is 56.9 Å². The maximum atomic E-state index is 13.8. The number of benzene rings is 2. The van der Waals surface area contributed by atoms with Crippen LogP contribution in [0.5, 0.6) is 5.75 Å². The van der Waals surface area contributed by atoms with E-state index < -0.39 is 56.7 Å². The standard InChI is InChI=1S/C25H27ClF4N2O7S/c1-5-37-22(33)14(2)10-16-13-32(40(35,36)17-7-8-19(27)18(26)12-17)20-11-15(6-9-21(20)38-16)31-23(34)39-24(3,4)25(28,29)30/h6-9,11-12,14,16H,5,10,13H2,1-4H3,(H,31,34)/t14-,16+/m1/s1. The molecule has 0 spiro atoms. The molecule has 1 amide bonds. The van der Waals surface area contributed by atoms with Crippen molar-refractivity contribution in [3.63, 3.8) is 0 Å². The Morgan fingerprint density at radius 1 is 1.20 bits per heavy atom. The van der Waals surface area contributed by atoms with E-state index in [2.05, 4.69) is 10.1 Å². The minimum Gasteiger partial charge on any atom is -0.486 e. The van der Waals surface area contributed by atoms with E-state index in [1.165, 1.54) is 18.2 Å². The molecule has 1 aliphatic rings. The lowest BCUT2D eigenvalue weighted by Crippen LogP contribution is -2.45. The molecule has 2 atom stereocenters. The highest BCUT2D eigenvalue weighted by molar-refractivity contribution is 7.92. The Hall–Kier alpha value is -3.26. The van der Waals surface area contributed by atoms with Gasteiger partial charge in [0.1, 0.15) is 17.7 Å². The molecule has 1 heterocycles. The summed E-state index contributed by atoms with van der Waals surface area (Å²) in [6.45, 7) is 4.44. The van der Waals surface area contributed by atoms with E-state index in [0.29, 0.717) is 13.8 Å². The first-order valence-corrected chi connectivity index (χ1v) is 13.8. The van der Waals surface area contributed by atoms with Crippen molar-refractivity contribution in [1.82, 2.24) is 0 Å². The van der Waals surface area contributed by atoms with E-state index in [1.807, 2.05) is 0 Å². The van der Waals surface area contributed by atoms with E-state index in [0.717, 1.165) is 22.5 Å². The quantitative estimate of drug-likeness (QED) is 0.292. The van der Waals surface area contributed by atoms with E-state index in [4.69, 9.17) is 21.1 Å². The van der Waals surface area contributed by atoms with Crippen LogP contribution in [-0.2, 0) is 24.3 Å². The molecule has 0 fully saturated rings. The van der Waals surface area contributed by atoms with Gasteiger partial charge in [0.2, 0.25) is 5.60 Å². The zero-order chi connectivity index (χ0) is 30.0. The number of sulfonamides is 1. The summed E-state index contributed by atoms with van der Waals surface area (Å²) in [5, 5.41) is 1.71. The Labute approximate surface area is 233 Å². The number of amides is 1. The van der Waals surface area contributed by atoms with E-state index in [1.54, 1.807) is 13.8 Å². The summed E-state index contributed by atoms with van der Waals surface area (Å²) in [6, 6.07) is 6.58. The van der Waals surface area contributed by atoms with Gasteiger partial charge < -0.3 is 14.2 Å². The molecule has 9 nitrogen and oxygen atoms in total. The molecular formula is C25H27ClF4N2O7S. The van der Waals surface area contributed by atoms with Crippen molar-refractivity contribution >= 4 is 45.1 Å². The normalized spacial score (nSPS) is 16.4. The lowest BCUT2D eigenvalue weighted by Gasteiger charge is -2.36. The van der Waals surface area contributed by atoms with E-state index >= 15 is 0 Å². The fraction of sp³-hybridized carbons (Fsp3) is 0.440. The minimum atomic E-state index is -4.84. The van der Waals surface area contributed by atoms with Crippen molar-refractivity contribution in [3.05, 3.63) is 47.2 Å². The highest BCUT2D eigenvalue weighted by Crippen LogP contribution is 2.41. The molecule has 0 unspecified atom stereocenters. The number of anilines is 2. The van der Waals surface area contributed by atoms with Gasteiger partial charge in [0.05, 0.1) is 34.7 Å². The third-order valence-electron chi connectivity index (χ3n) is 5.95. The van der Waals surface area contributed by atoms with Crippen molar-refractivity contribution in [3.8, 4) is 5.75 Å². The number of nitrogens with zero attached hydrogens (tertiary/aromatic N) is 1. The summed E-state index contributed by atoms with van der Waals surface area (Å²) in [4.78, 5) is 24.0. The van der Waals surface area contributed by atoms with Gasteiger partial charge in [-0.05, 0) is 63.6 Å². The first-order valence-electron chi connectivity index (χ1n) is 12.0. The Morgan fingerprint density at radius 2 is 1.88 bits per heavy atom. The first kappa shape index (κ1) is 31.3. The first-order chi connectivity index (χ1) is 18.5. The second-order valence-electron chi connectivity index (χ2n) is 9.45. The number of alkyl halides is 3. The third-order valence-corrected chi connectivity index (χ3v) is 8.02. The second-order valence-corrected chi connectivity index (χ2v) is 11.7. The lowest BCUT2D eigenvalue weighted by molar-refractivity contribution is -0.242. The lowest BCUT2D eigenvalue weighted by atomic mass is 10.0. The number of hydrogen-bond acceptors (Lipinski definition) is 7. The molecular weight excluding hydrogens is 584 g/mol. The summed E-state index contributed by atoms with van der Waals surface area (Å²) >= 11 is 5.81. The highest BCUT2D eigenvalue weighted by Gasteiger charge is 2.51. The molecule has 2 aromatic rings. The summed E-state index contributed by atoms with van der Waals surface area (Å²) in [5.74, 6) is -1.95. The molecule has 1 aliphatic heterocycles. The molecule has 15 heteroatoms. The van der Waals surface area contributed by atoms with Crippen LogP contribution in [0.15, 0.2) is 41.3 Å². The van der Waals surface area contributed by atoms with Gasteiger partial charge >= 0.3 is 18.2 Å². The molecule has 0 saturated heterocycles. The molecule has 3 rings (SSSR count). The monoisotopic (exact) mass is 610 g/mol. The SMILES string of the molecule is CCOC(=O)[C@H](C)C[C@H]1CN(S(=O)(=O)c2ccc(F)c(Cl)c2)c2cc(NC(=O)OC(C)(C)C(F)(F)F)ccc2O1. The average Bonchev–Trinajstić information content (AvgIpc) is 2.84. The number of rotatable bonds is 8. The number of nitrogens with one attached hydrogen (secondary N) is 1. The van der Waals surface area contributed by atoms with Gasteiger partial charge in [-0.15, -0.1) is 0 Å². The number of hydrogen-bond donors (Lipinski definition) is 1. The van der Waals surface area contributed by atoms with Crippen LogP contribution < -0.4 is 14.4 Å². The number of halogens is 5. The number of esters is 1. The fourth-order valence-corrected chi connectivity index (χ4v) is 5.48. The van der Waals surface area contributed by atoms with Gasteiger partial charge in [0, 0.05) is 5.69 Å². The molecule has 2 aromatic carbocycles. The Balaban J connectivity index is 1.98. The topological polar surface area (TPSA) is 111 Å². The van der Waals surface area contributed by atoms with Gasteiger partial charge in [-0.2, -0.15) is 13.2 Å². The second kappa shape index (κ2) is 11.7. The predicted molar refractivity (Wildman–Crippen MR) is 137 cm³/mol. The van der Waals surface area contributed by atoms with E-state index in [-0.39, 0.29) is 41.6 Å². The van der Waals surface area contributed by atoms with Gasteiger partial charge in [-0.1, -0.05) is 18.5 Å². The minimum absolute atomic E-state index is 0.0404. The smallest absolute Gasteiger partial charge is 0.427 e. The highest BCUT2D eigenvalue weighted by atomic mass is 35.5. The summed E-state index contributed by atoms with van der Waals surface area (Å²) < 4.78 is 96.8.